The highest BCUT2D eigenvalue weighted by molar-refractivity contribution is 5.72. The van der Waals surface area contributed by atoms with Gasteiger partial charge in [-0.15, -0.1) is 0 Å². The number of aromatic nitrogens is 1. The third-order valence-corrected chi connectivity index (χ3v) is 1.67. The smallest absolute Gasteiger partial charge is 0.209 e. The van der Waals surface area contributed by atoms with E-state index in [0.29, 0.717) is 6.54 Å². The van der Waals surface area contributed by atoms with Crippen molar-refractivity contribution >= 4 is 11.1 Å². The van der Waals surface area contributed by atoms with E-state index in [1.165, 1.54) is 0 Å². The van der Waals surface area contributed by atoms with Crippen molar-refractivity contribution in [2.75, 3.05) is 7.05 Å². The molecule has 0 saturated carbocycles. The maximum absolute atomic E-state index is 5.43. The van der Waals surface area contributed by atoms with Crippen molar-refractivity contribution < 1.29 is 4.42 Å². The summed E-state index contributed by atoms with van der Waals surface area (Å²) < 4.78 is 5.43. The summed E-state index contributed by atoms with van der Waals surface area (Å²) in [5.74, 6) is 0.735. The van der Waals surface area contributed by atoms with Gasteiger partial charge in [0, 0.05) is 0 Å². The van der Waals surface area contributed by atoms with Crippen LogP contribution in [0, 0.1) is 0 Å². The summed E-state index contributed by atoms with van der Waals surface area (Å²) >= 11 is 0. The van der Waals surface area contributed by atoms with Gasteiger partial charge in [0.25, 0.3) is 0 Å². The van der Waals surface area contributed by atoms with Crippen molar-refractivity contribution in [3.05, 3.63) is 30.2 Å². The summed E-state index contributed by atoms with van der Waals surface area (Å²) in [6.45, 7) is 0.675. The molecule has 0 atom stereocenters. The van der Waals surface area contributed by atoms with E-state index in [1.807, 2.05) is 31.3 Å². The lowest BCUT2D eigenvalue weighted by molar-refractivity contribution is 0.511. The second-order valence-electron chi connectivity index (χ2n) is 2.61. The van der Waals surface area contributed by atoms with E-state index >= 15 is 0 Å². The monoisotopic (exact) mass is 162 g/mol. The number of nitrogens with zero attached hydrogens (tertiary/aromatic N) is 1. The maximum Gasteiger partial charge on any atom is 0.209 e. The molecular formula is C9H10N2O. The number of hydrogen-bond acceptors (Lipinski definition) is 3. The van der Waals surface area contributed by atoms with Crippen LogP contribution in [-0.4, -0.2) is 12.0 Å². The topological polar surface area (TPSA) is 38.1 Å². The Hall–Kier alpha value is -1.35. The van der Waals surface area contributed by atoms with E-state index < -0.39 is 0 Å². The molecule has 0 aliphatic rings. The Bertz CT molecular complexity index is 348. The van der Waals surface area contributed by atoms with Crippen LogP contribution in [0.5, 0.6) is 0 Å². The first-order chi connectivity index (χ1) is 5.90. The van der Waals surface area contributed by atoms with Crippen LogP contribution in [0.2, 0.25) is 0 Å². The molecular weight excluding hydrogens is 152 g/mol. The number of nitrogens with one attached hydrogen (secondary N) is 1. The zero-order chi connectivity index (χ0) is 8.39. The first kappa shape index (κ1) is 7.31. The van der Waals surface area contributed by atoms with E-state index in [0.717, 1.165) is 17.0 Å². The average Bonchev–Trinajstić information content (AvgIpc) is 2.47. The standard InChI is InChI=1S/C9H10N2O/c1-10-6-9-11-7-4-2-3-5-8(7)12-9/h2-5,10H,6H2,1H3. The summed E-state index contributed by atoms with van der Waals surface area (Å²) in [4.78, 5) is 4.27. The molecule has 2 rings (SSSR count). The van der Waals surface area contributed by atoms with E-state index in [-0.39, 0.29) is 0 Å². The lowest BCUT2D eigenvalue weighted by Gasteiger charge is -1.88. The lowest BCUT2D eigenvalue weighted by Crippen LogP contribution is -2.04. The zero-order valence-corrected chi connectivity index (χ0v) is 6.87. The Kier molecular flexibility index (Phi) is 1.80. The van der Waals surface area contributed by atoms with Crippen molar-refractivity contribution in [2.45, 2.75) is 6.54 Å². The highest BCUT2D eigenvalue weighted by atomic mass is 16.3. The molecule has 1 aromatic carbocycles. The van der Waals surface area contributed by atoms with Crippen molar-refractivity contribution in [1.82, 2.24) is 10.3 Å². The average molecular weight is 162 g/mol. The van der Waals surface area contributed by atoms with Crippen LogP contribution in [0.25, 0.3) is 11.1 Å². The minimum absolute atomic E-state index is 0.675. The number of hydrogen-bond donors (Lipinski definition) is 1. The molecule has 0 radical (unpaired) electrons. The molecule has 0 unspecified atom stereocenters. The quantitative estimate of drug-likeness (QED) is 0.728. The molecule has 0 spiro atoms. The highest BCUT2D eigenvalue weighted by Gasteiger charge is 2.01. The van der Waals surface area contributed by atoms with Gasteiger partial charge in [0.1, 0.15) is 5.52 Å². The van der Waals surface area contributed by atoms with Crippen molar-refractivity contribution in [3.8, 4) is 0 Å². The fraction of sp³-hybridized carbons (Fsp3) is 0.222. The van der Waals surface area contributed by atoms with Gasteiger partial charge in [-0.05, 0) is 19.2 Å². The van der Waals surface area contributed by atoms with Crippen LogP contribution >= 0.6 is 0 Å². The molecule has 1 heterocycles. The molecule has 0 saturated heterocycles. The first-order valence-electron chi connectivity index (χ1n) is 3.89. The number of rotatable bonds is 2. The number of para-hydroxylation sites is 2. The van der Waals surface area contributed by atoms with E-state index in [1.54, 1.807) is 0 Å². The summed E-state index contributed by atoms with van der Waals surface area (Å²) in [6, 6.07) is 7.75. The second-order valence-corrected chi connectivity index (χ2v) is 2.61. The predicted octanol–water partition coefficient (Wildman–Crippen LogP) is 1.55. The van der Waals surface area contributed by atoms with Gasteiger partial charge in [0.05, 0.1) is 6.54 Å². The summed E-state index contributed by atoms with van der Waals surface area (Å²) in [6.07, 6.45) is 0. The molecule has 2 aromatic rings. The van der Waals surface area contributed by atoms with Crippen LogP contribution in [0.1, 0.15) is 5.89 Å². The molecule has 0 aliphatic heterocycles. The molecule has 1 N–H and O–H groups in total. The van der Waals surface area contributed by atoms with Gasteiger partial charge in [0.2, 0.25) is 5.89 Å². The maximum atomic E-state index is 5.43. The van der Waals surface area contributed by atoms with E-state index in [4.69, 9.17) is 4.42 Å². The third-order valence-electron chi connectivity index (χ3n) is 1.67. The van der Waals surface area contributed by atoms with Gasteiger partial charge >= 0.3 is 0 Å². The third kappa shape index (κ3) is 1.19. The number of fused-ring (bicyclic) bond motifs is 1. The molecule has 1 aromatic heterocycles. The number of oxazole rings is 1. The van der Waals surface area contributed by atoms with Gasteiger partial charge in [-0.1, -0.05) is 12.1 Å². The second kappa shape index (κ2) is 2.95. The Balaban J connectivity index is 2.47. The zero-order valence-electron chi connectivity index (χ0n) is 6.87. The van der Waals surface area contributed by atoms with Crippen molar-refractivity contribution in [3.63, 3.8) is 0 Å². The Morgan fingerprint density at radius 1 is 1.42 bits per heavy atom. The van der Waals surface area contributed by atoms with Crippen molar-refractivity contribution in [2.24, 2.45) is 0 Å². The molecule has 62 valence electrons. The van der Waals surface area contributed by atoms with Crippen LogP contribution in [0.15, 0.2) is 28.7 Å². The lowest BCUT2D eigenvalue weighted by atomic mass is 10.3. The van der Waals surface area contributed by atoms with Gasteiger partial charge in [-0.25, -0.2) is 4.98 Å². The van der Waals surface area contributed by atoms with E-state index in [2.05, 4.69) is 10.3 Å². The van der Waals surface area contributed by atoms with Gasteiger partial charge in [-0.3, -0.25) is 0 Å². The van der Waals surface area contributed by atoms with Gasteiger partial charge in [-0.2, -0.15) is 0 Å². The highest BCUT2D eigenvalue weighted by Crippen LogP contribution is 2.13. The predicted molar refractivity (Wildman–Crippen MR) is 46.8 cm³/mol. The normalized spacial score (nSPS) is 10.8. The summed E-state index contributed by atoms with van der Waals surface area (Å²) in [7, 11) is 1.87. The minimum Gasteiger partial charge on any atom is -0.439 e. The molecule has 0 fully saturated rings. The molecule has 3 heteroatoms. The minimum atomic E-state index is 0.675. The Morgan fingerprint density at radius 2 is 2.25 bits per heavy atom. The van der Waals surface area contributed by atoms with Crippen molar-refractivity contribution in [1.29, 1.82) is 0 Å². The summed E-state index contributed by atoms with van der Waals surface area (Å²) in [5.41, 5.74) is 1.77. The first-order valence-corrected chi connectivity index (χ1v) is 3.89. The largest absolute Gasteiger partial charge is 0.439 e. The molecule has 3 nitrogen and oxygen atoms in total. The fourth-order valence-electron chi connectivity index (χ4n) is 1.15. The van der Waals surface area contributed by atoms with E-state index in [9.17, 15) is 0 Å². The molecule has 0 aliphatic carbocycles. The van der Waals surface area contributed by atoms with Crippen LogP contribution in [0.3, 0.4) is 0 Å². The number of benzene rings is 1. The van der Waals surface area contributed by atoms with Crippen LogP contribution in [-0.2, 0) is 6.54 Å². The van der Waals surface area contributed by atoms with Crippen LogP contribution in [0.4, 0.5) is 0 Å². The molecule has 0 amide bonds. The Labute approximate surface area is 70.4 Å². The SMILES string of the molecule is CNCc1nc2ccccc2o1. The fourth-order valence-corrected chi connectivity index (χ4v) is 1.15. The Morgan fingerprint density at radius 3 is 3.00 bits per heavy atom. The van der Waals surface area contributed by atoms with Gasteiger partial charge in [0.15, 0.2) is 5.58 Å². The molecule has 0 bridgehead atoms. The molecule has 12 heavy (non-hydrogen) atoms. The summed E-state index contributed by atoms with van der Waals surface area (Å²) in [5, 5.41) is 2.99. The van der Waals surface area contributed by atoms with Crippen LogP contribution < -0.4 is 5.32 Å². The van der Waals surface area contributed by atoms with Gasteiger partial charge < -0.3 is 9.73 Å².